The molecule has 10 heteroatoms. The number of anilines is 2. The Bertz CT molecular complexity index is 1600. The molecule has 2 N–H and O–H groups in total. The van der Waals surface area contributed by atoms with Gasteiger partial charge in [0.2, 0.25) is 10.3 Å². The summed E-state index contributed by atoms with van der Waals surface area (Å²) in [5.41, 5.74) is 13.4. The lowest BCUT2D eigenvalue weighted by molar-refractivity contribution is 1.12. The fourth-order valence-electron chi connectivity index (χ4n) is 3.83. The smallest absolute Gasteiger partial charge is 0.205 e. The molecule has 4 aromatic carbocycles. The van der Waals surface area contributed by atoms with Crippen molar-refractivity contribution in [3.8, 4) is 33.6 Å². The maximum absolute atomic E-state index is 4.55. The van der Waals surface area contributed by atoms with Crippen molar-refractivity contribution in [2.75, 3.05) is 10.9 Å². The highest BCUT2D eigenvalue weighted by Crippen LogP contribution is 2.28. The first-order chi connectivity index (χ1) is 19.8. The zero-order chi connectivity index (χ0) is 27.0. The third-order valence-corrected chi connectivity index (χ3v) is 7.33. The first-order valence-electron chi connectivity index (χ1n) is 12.4. The monoisotopic (exact) mass is 558 g/mol. The second kappa shape index (κ2) is 12.2. The summed E-state index contributed by atoms with van der Waals surface area (Å²) in [6.45, 7) is 0. The molecular weight excluding hydrogens is 537 g/mol. The number of hydrogen-bond donors (Lipinski definition) is 2. The summed E-state index contributed by atoms with van der Waals surface area (Å²) in [6.07, 6.45) is 0. The number of nitrogens with one attached hydrogen (secondary N) is 2. The number of benzene rings is 4. The van der Waals surface area contributed by atoms with Crippen molar-refractivity contribution in [1.82, 2.24) is 9.97 Å². The summed E-state index contributed by atoms with van der Waals surface area (Å²) >= 11 is 2.97. The molecule has 0 spiro atoms. The molecule has 2 aromatic heterocycles. The van der Waals surface area contributed by atoms with E-state index >= 15 is 0 Å². The van der Waals surface area contributed by atoms with Crippen molar-refractivity contribution in [2.45, 2.75) is 0 Å². The second-order valence-electron chi connectivity index (χ2n) is 8.53. The van der Waals surface area contributed by atoms with Crippen LogP contribution >= 0.6 is 22.7 Å². The van der Waals surface area contributed by atoms with Crippen LogP contribution in [0.3, 0.4) is 0 Å². The Morgan fingerprint density at radius 1 is 0.450 bits per heavy atom. The molecule has 0 fully saturated rings. The molecule has 0 aliphatic rings. The topological polar surface area (TPSA) is 99.3 Å². The van der Waals surface area contributed by atoms with E-state index in [1.165, 1.54) is 22.7 Å². The van der Waals surface area contributed by atoms with Crippen LogP contribution in [0.25, 0.3) is 33.6 Å². The highest BCUT2D eigenvalue weighted by Gasteiger charge is 2.05. The van der Waals surface area contributed by atoms with Gasteiger partial charge < -0.3 is 0 Å². The van der Waals surface area contributed by atoms with Gasteiger partial charge in [0.1, 0.15) is 0 Å². The Morgan fingerprint density at radius 2 is 0.850 bits per heavy atom. The Balaban J connectivity index is 1.02. The molecule has 0 unspecified atom stereocenters. The molecule has 0 bridgehead atoms. The van der Waals surface area contributed by atoms with Gasteiger partial charge in [0, 0.05) is 21.9 Å². The highest BCUT2D eigenvalue weighted by molar-refractivity contribution is 7.14. The van der Waals surface area contributed by atoms with Crippen LogP contribution in [-0.2, 0) is 0 Å². The third-order valence-electron chi connectivity index (χ3n) is 5.84. The first-order valence-corrected chi connectivity index (χ1v) is 14.1. The molecule has 0 amide bonds. The lowest BCUT2D eigenvalue weighted by atomic mass is 10.1. The second-order valence-corrected chi connectivity index (χ2v) is 10.2. The first kappa shape index (κ1) is 25.2. The number of rotatable bonds is 9. The van der Waals surface area contributed by atoms with Crippen LogP contribution in [0.1, 0.15) is 0 Å². The Hall–Kier alpha value is -5.06. The molecule has 8 nitrogen and oxygen atoms in total. The van der Waals surface area contributed by atoms with Gasteiger partial charge >= 0.3 is 0 Å². The fraction of sp³-hybridized carbons (Fsp3) is 0. The van der Waals surface area contributed by atoms with Gasteiger partial charge in [0.15, 0.2) is 0 Å². The molecular formula is C30H22N8S2. The van der Waals surface area contributed by atoms with Gasteiger partial charge in [-0.05, 0) is 35.4 Å². The molecule has 194 valence electrons. The van der Waals surface area contributed by atoms with Crippen molar-refractivity contribution >= 4 is 44.3 Å². The Morgan fingerprint density at radius 3 is 1.25 bits per heavy atom. The quantitative estimate of drug-likeness (QED) is 0.136. The van der Waals surface area contributed by atoms with E-state index in [1.54, 1.807) is 0 Å². The summed E-state index contributed by atoms with van der Waals surface area (Å²) in [5, 5.41) is 22.1. The van der Waals surface area contributed by atoms with Gasteiger partial charge in [-0.25, -0.2) is 20.8 Å². The minimum absolute atomic E-state index is 0.690. The summed E-state index contributed by atoms with van der Waals surface area (Å²) in [5.74, 6) is 0. The van der Waals surface area contributed by atoms with Crippen LogP contribution in [0.5, 0.6) is 0 Å². The molecule has 0 aliphatic carbocycles. The number of nitrogens with zero attached hydrogens (tertiary/aromatic N) is 6. The van der Waals surface area contributed by atoms with Crippen molar-refractivity contribution in [3.63, 3.8) is 0 Å². The largest absolute Gasteiger partial charge is 0.234 e. The molecule has 6 aromatic rings. The molecule has 6 rings (SSSR count). The SMILES string of the molecule is c1ccc(-c2csc(NN=Nc3ccc(-c4ccc(N=NNc5nc(-c6ccccc6)cs5)cc4)cc3)n2)cc1. The molecule has 2 heterocycles. The zero-order valence-corrected chi connectivity index (χ0v) is 22.7. The van der Waals surface area contributed by atoms with Crippen LogP contribution in [0, 0.1) is 0 Å². The van der Waals surface area contributed by atoms with Crippen LogP contribution in [0.2, 0.25) is 0 Å². The predicted octanol–water partition coefficient (Wildman–Crippen LogP) is 9.82. The van der Waals surface area contributed by atoms with E-state index in [0.717, 1.165) is 45.0 Å². The standard InChI is InChI=1S/C30H22N8S2/c1-3-7-23(8-4-1)27-19-39-29(31-27)35-37-33-25-15-11-21(12-16-25)22-13-17-26(18-14-22)34-38-36-30-32-28(20-40-30)24-9-5-2-6-10-24/h1-20H,(H,31,33,35)(H,32,34,36). The molecule has 0 radical (unpaired) electrons. The number of hydrogen-bond acceptors (Lipinski definition) is 8. The van der Waals surface area contributed by atoms with Crippen LogP contribution in [0.4, 0.5) is 21.6 Å². The molecule has 0 saturated carbocycles. The summed E-state index contributed by atoms with van der Waals surface area (Å²) in [7, 11) is 0. The number of thiazole rings is 2. The maximum Gasteiger partial charge on any atom is 0.205 e. The van der Waals surface area contributed by atoms with E-state index in [1.807, 2.05) is 120 Å². The molecule has 0 aliphatic heterocycles. The summed E-state index contributed by atoms with van der Waals surface area (Å²) in [4.78, 5) is 9.10. The van der Waals surface area contributed by atoms with Crippen molar-refractivity contribution in [1.29, 1.82) is 0 Å². The summed E-state index contributed by atoms with van der Waals surface area (Å²) < 4.78 is 0. The average Bonchev–Trinajstić information content (AvgIpc) is 3.69. The van der Waals surface area contributed by atoms with Gasteiger partial charge in [-0.2, -0.15) is 0 Å². The molecule has 40 heavy (non-hydrogen) atoms. The zero-order valence-electron chi connectivity index (χ0n) is 21.0. The molecule has 0 saturated heterocycles. The van der Waals surface area contributed by atoms with Crippen molar-refractivity contribution in [3.05, 3.63) is 120 Å². The highest BCUT2D eigenvalue weighted by atomic mass is 32.1. The Labute approximate surface area is 238 Å². The van der Waals surface area contributed by atoms with Gasteiger partial charge in [0.25, 0.3) is 0 Å². The van der Waals surface area contributed by atoms with E-state index in [0.29, 0.717) is 10.3 Å². The van der Waals surface area contributed by atoms with E-state index in [9.17, 15) is 0 Å². The minimum atomic E-state index is 0.690. The van der Waals surface area contributed by atoms with Gasteiger partial charge in [-0.3, -0.25) is 0 Å². The van der Waals surface area contributed by atoms with Crippen molar-refractivity contribution in [2.24, 2.45) is 20.7 Å². The van der Waals surface area contributed by atoms with E-state index < -0.39 is 0 Å². The normalized spacial score (nSPS) is 11.3. The van der Waals surface area contributed by atoms with Gasteiger partial charge in [-0.1, -0.05) is 95.4 Å². The lowest BCUT2D eigenvalue weighted by Gasteiger charge is -2.02. The number of aromatic nitrogens is 2. The van der Waals surface area contributed by atoms with Gasteiger partial charge in [-0.15, -0.1) is 32.9 Å². The van der Waals surface area contributed by atoms with E-state index in [4.69, 9.17) is 0 Å². The van der Waals surface area contributed by atoms with Crippen molar-refractivity contribution < 1.29 is 0 Å². The minimum Gasteiger partial charge on any atom is -0.234 e. The Kier molecular flexibility index (Phi) is 7.70. The van der Waals surface area contributed by atoms with Gasteiger partial charge in [0.05, 0.1) is 22.8 Å². The van der Waals surface area contributed by atoms with Crippen LogP contribution in [-0.4, -0.2) is 9.97 Å². The fourth-order valence-corrected chi connectivity index (χ4v) is 5.14. The molecule has 0 atom stereocenters. The average molecular weight is 559 g/mol. The van der Waals surface area contributed by atoms with Crippen LogP contribution < -0.4 is 10.9 Å². The predicted molar refractivity (Wildman–Crippen MR) is 163 cm³/mol. The maximum atomic E-state index is 4.55. The lowest BCUT2D eigenvalue weighted by Crippen LogP contribution is -1.85. The summed E-state index contributed by atoms with van der Waals surface area (Å²) in [6, 6.07) is 35.8. The van der Waals surface area contributed by atoms with E-state index in [-0.39, 0.29) is 0 Å². The van der Waals surface area contributed by atoms with E-state index in [2.05, 4.69) is 41.5 Å². The van der Waals surface area contributed by atoms with Crippen LogP contribution in [0.15, 0.2) is 141 Å². The third kappa shape index (κ3) is 6.32.